The van der Waals surface area contributed by atoms with Gasteiger partial charge in [-0.3, -0.25) is 4.79 Å². The van der Waals surface area contributed by atoms with Crippen molar-refractivity contribution in [2.45, 2.75) is 57.1 Å². The summed E-state index contributed by atoms with van der Waals surface area (Å²) in [5.41, 5.74) is 0.695. The van der Waals surface area contributed by atoms with E-state index in [9.17, 15) is 9.90 Å². The fourth-order valence-electron chi connectivity index (χ4n) is 3.81. The van der Waals surface area contributed by atoms with Crippen molar-refractivity contribution in [3.05, 3.63) is 46.5 Å². The van der Waals surface area contributed by atoms with Crippen LogP contribution in [0.1, 0.15) is 50.4 Å². The van der Waals surface area contributed by atoms with E-state index in [-0.39, 0.29) is 17.7 Å². The molecular formula is C20H25N5O3. The van der Waals surface area contributed by atoms with Crippen LogP contribution in [0.25, 0.3) is 10.9 Å². The number of H-pyrrole nitrogens is 1. The molecule has 8 heteroatoms. The summed E-state index contributed by atoms with van der Waals surface area (Å²) < 4.78 is 7.65. The number of nitrogens with zero attached hydrogens (tertiary/aromatic N) is 4. The Morgan fingerprint density at radius 2 is 2.07 bits per heavy atom. The molecule has 1 aliphatic rings. The van der Waals surface area contributed by atoms with Crippen LogP contribution >= 0.6 is 0 Å². The number of ether oxygens (including phenoxy) is 1. The lowest BCUT2D eigenvalue weighted by atomic mass is 9.92. The quantitative estimate of drug-likeness (QED) is 0.607. The summed E-state index contributed by atoms with van der Waals surface area (Å²) in [7, 11) is 0. The van der Waals surface area contributed by atoms with Gasteiger partial charge in [0.05, 0.1) is 18.8 Å². The number of aromatic nitrogens is 5. The maximum Gasteiger partial charge on any atom is 0.248 e. The first kappa shape index (κ1) is 18.6. The van der Waals surface area contributed by atoms with Crippen molar-refractivity contribution >= 4 is 10.9 Å². The van der Waals surface area contributed by atoms with Gasteiger partial charge in [-0.1, -0.05) is 12.8 Å². The predicted octanol–water partition coefficient (Wildman–Crippen LogP) is 2.39. The van der Waals surface area contributed by atoms with Gasteiger partial charge in [0.2, 0.25) is 5.56 Å². The molecule has 4 rings (SSSR count). The second-order valence-corrected chi connectivity index (χ2v) is 7.34. The molecule has 1 aliphatic carbocycles. The number of aliphatic hydroxyl groups excluding tert-OH is 1. The highest BCUT2D eigenvalue weighted by Crippen LogP contribution is 2.28. The number of nitrogens with one attached hydrogen (secondary N) is 1. The lowest BCUT2D eigenvalue weighted by molar-refractivity contribution is 0.0668. The molecule has 0 aliphatic heterocycles. The minimum absolute atomic E-state index is 0.000888. The molecule has 0 unspecified atom stereocenters. The van der Waals surface area contributed by atoms with Gasteiger partial charge in [-0.05, 0) is 60.4 Å². The van der Waals surface area contributed by atoms with Gasteiger partial charge in [0.25, 0.3) is 0 Å². The Morgan fingerprint density at radius 1 is 1.18 bits per heavy atom. The number of rotatable bonds is 7. The van der Waals surface area contributed by atoms with E-state index < -0.39 is 0 Å². The zero-order chi connectivity index (χ0) is 19.3. The van der Waals surface area contributed by atoms with Crippen LogP contribution in [0, 0.1) is 0 Å². The minimum atomic E-state index is -0.359. The summed E-state index contributed by atoms with van der Waals surface area (Å²) in [6.07, 6.45) is 6.10. The fourth-order valence-corrected chi connectivity index (χ4v) is 3.81. The lowest BCUT2D eigenvalue weighted by Crippen LogP contribution is -2.29. The highest BCUT2D eigenvalue weighted by Gasteiger charge is 2.27. The van der Waals surface area contributed by atoms with E-state index >= 15 is 0 Å². The molecule has 1 aromatic carbocycles. The summed E-state index contributed by atoms with van der Waals surface area (Å²) in [5.74, 6) is 1.62. The lowest BCUT2D eigenvalue weighted by Gasteiger charge is -2.27. The van der Waals surface area contributed by atoms with E-state index in [1.54, 1.807) is 6.07 Å². The first-order chi connectivity index (χ1) is 13.7. The standard InChI is InChI=1S/C20H25N5O3/c26-18-6-2-1-5-17(18)25-19(22-23-24-25)7-3-4-12-28-15-9-10-16-14(13-15)8-11-20(27)21-16/h8-11,13,17-18,26H,1-7,12H2,(H,21,27)/t17-,18+/m1/s1. The zero-order valence-corrected chi connectivity index (χ0v) is 15.8. The van der Waals surface area contributed by atoms with Crippen molar-refractivity contribution in [1.82, 2.24) is 25.2 Å². The van der Waals surface area contributed by atoms with E-state index in [1.807, 2.05) is 22.9 Å². The molecule has 0 saturated heterocycles. The minimum Gasteiger partial charge on any atom is -0.494 e. The normalized spacial score (nSPS) is 19.8. The predicted molar refractivity (Wildman–Crippen MR) is 104 cm³/mol. The topological polar surface area (TPSA) is 106 Å². The van der Waals surface area contributed by atoms with Gasteiger partial charge in [0.1, 0.15) is 5.75 Å². The molecule has 148 valence electrons. The van der Waals surface area contributed by atoms with Crippen molar-refractivity contribution < 1.29 is 9.84 Å². The first-order valence-corrected chi connectivity index (χ1v) is 9.91. The van der Waals surface area contributed by atoms with Crippen molar-refractivity contribution in [2.75, 3.05) is 6.61 Å². The number of aliphatic hydroxyl groups is 1. The third-order valence-corrected chi connectivity index (χ3v) is 5.33. The van der Waals surface area contributed by atoms with E-state index in [2.05, 4.69) is 20.5 Å². The van der Waals surface area contributed by atoms with Crippen LogP contribution in [0.5, 0.6) is 5.75 Å². The maximum absolute atomic E-state index is 11.3. The van der Waals surface area contributed by atoms with Crippen LogP contribution in [0.3, 0.4) is 0 Å². The van der Waals surface area contributed by atoms with E-state index in [4.69, 9.17) is 4.74 Å². The molecule has 2 aromatic heterocycles. The second kappa shape index (κ2) is 8.52. The average molecular weight is 383 g/mol. The maximum atomic E-state index is 11.3. The summed E-state index contributed by atoms with van der Waals surface area (Å²) >= 11 is 0. The molecule has 28 heavy (non-hydrogen) atoms. The molecule has 1 saturated carbocycles. The van der Waals surface area contributed by atoms with Crippen LogP contribution in [0.4, 0.5) is 0 Å². The smallest absolute Gasteiger partial charge is 0.248 e. The molecule has 2 N–H and O–H groups in total. The van der Waals surface area contributed by atoms with Gasteiger partial charge in [-0.2, -0.15) is 0 Å². The Balaban J connectivity index is 1.27. The number of hydrogen-bond donors (Lipinski definition) is 2. The van der Waals surface area contributed by atoms with Gasteiger partial charge in [-0.15, -0.1) is 5.10 Å². The highest BCUT2D eigenvalue weighted by atomic mass is 16.5. The number of unbranched alkanes of at least 4 members (excludes halogenated alkanes) is 1. The van der Waals surface area contributed by atoms with Crippen LogP contribution in [-0.2, 0) is 6.42 Å². The first-order valence-electron chi connectivity index (χ1n) is 9.91. The highest BCUT2D eigenvalue weighted by molar-refractivity contribution is 5.79. The third kappa shape index (κ3) is 4.22. The Hall–Kier alpha value is -2.74. The van der Waals surface area contributed by atoms with E-state index in [1.165, 1.54) is 6.07 Å². The Labute approximate surface area is 162 Å². The van der Waals surface area contributed by atoms with Crippen LogP contribution in [-0.4, -0.2) is 43.0 Å². The Morgan fingerprint density at radius 3 is 2.96 bits per heavy atom. The molecule has 0 spiro atoms. The number of aromatic amines is 1. The second-order valence-electron chi connectivity index (χ2n) is 7.34. The molecular weight excluding hydrogens is 358 g/mol. The monoisotopic (exact) mass is 383 g/mol. The van der Waals surface area contributed by atoms with Crippen molar-refractivity contribution in [2.24, 2.45) is 0 Å². The number of pyridine rings is 1. The molecule has 2 heterocycles. The molecule has 2 atom stereocenters. The Kier molecular flexibility index (Phi) is 5.66. The van der Waals surface area contributed by atoms with Crippen molar-refractivity contribution in [3.8, 4) is 5.75 Å². The van der Waals surface area contributed by atoms with Crippen molar-refractivity contribution in [3.63, 3.8) is 0 Å². The van der Waals surface area contributed by atoms with Gasteiger partial charge < -0.3 is 14.8 Å². The number of aryl methyl sites for hydroxylation is 1. The van der Waals surface area contributed by atoms with Crippen LogP contribution in [0.2, 0.25) is 0 Å². The summed E-state index contributed by atoms with van der Waals surface area (Å²) in [4.78, 5) is 14.1. The summed E-state index contributed by atoms with van der Waals surface area (Å²) in [5, 5.41) is 23.2. The number of hydrogen-bond acceptors (Lipinski definition) is 6. The third-order valence-electron chi connectivity index (χ3n) is 5.33. The molecule has 0 radical (unpaired) electrons. The largest absolute Gasteiger partial charge is 0.494 e. The SMILES string of the molecule is O=c1ccc2cc(OCCCCc3nnnn3[C@@H]3CCCC[C@@H]3O)ccc2[nH]1. The van der Waals surface area contributed by atoms with Gasteiger partial charge in [-0.25, -0.2) is 4.68 Å². The van der Waals surface area contributed by atoms with Gasteiger partial charge in [0, 0.05) is 23.4 Å². The Bertz CT molecular complexity index is 983. The van der Waals surface area contributed by atoms with Gasteiger partial charge >= 0.3 is 0 Å². The van der Waals surface area contributed by atoms with Crippen molar-refractivity contribution in [1.29, 1.82) is 0 Å². The molecule has 0 bridgehead atoms. The van der Waals surface area contributed by atoms with E-state index in [0.717, 1.165) is 67.4 Å². The number of tetrazole rings is 1. The fraction of sp³-hybridized carbons (Fsp3) is 0.500. The summed E-state index contributed by atoms with van der Waals surface area (Å²) in [6.45, 7) is 0.600. The molecule has 1 fully saturated rings. The molecule has 8 nitrogen and oxygen atoms in total. The van der Waals surface area contributed by atoms with Crippen LogP contribution in [0.15, 0.2) is 35.1 Å². The average Bonchev–Trinajstić information content (AvgIpc) is 3.16. The zero-order valence-electron chi connectivity index (χ0n) is 15.8. The summed E-state index contributed by atoms with van der Waals surface area (Å²) in [6, 6.07) is 8.95. The van der Waals surface area contributed by atoms with Gasteiger partial charge in [0.15, 0.2) is 5.82 Å². The van der Waals surface area contributed by atoms with Crippen LogP contribution < -0.4 is 10.3 Å². The number of benzene rings is 1. The number of fused-ring (bicyclic) bond motifs is 1. The van der Waals surface area contributed by atoms with E-state index in [0.29, 0.717) is 6.61 Å². The molecule has 3 aromatic rings. The molecule has 0 amide bonds.